The number of aliphatic hydroxyl groups is 1. The molecule has 0 radical (unpaired) electrons. The molecule has 1 saturated carbocycles. The minimum absolute atomic E-state index is 0.0337. The van der Waals surface area contributed by atoms with E-state index in [2.05, 4.69) is 10.1 Å². The second-order valence-electron chi connectivity index (χ2n) is 7.40. The van der Waals surface area contributed by atoms with E-state index in [0.29, 0.717) is 10.8 Å². The molecule has 158 valence electrons. The molecule has 0 unspecified atom stereocenters. The lowest BCUT2D eigenvalue weighted by Gasteiger charge is -2.32. The fourth-order valence-electron chi connectivity index (χ4n) is 3.97. The third-order valence-electron chi connectivity index (χ3n) is 5.56. The van der Waals surface area contributed by atoms with Gasteiger partial charge in [0.05, 0.1) is 4.90 Å². The molecule has 1 aliphatic rings. The highest BCUT2D eigenvalue weighted by molar-refractivity contribution is 7.89. The first-order chi connectivity index (χ1) is 14.5. The van der Waals surface area contributed by atoms with E-state index >= 15 is 0 Å². The van der Waals surface area contributed by atoms with Crippen molar-refractivity contribution in [3.63, 3.8) is 0 Å². The standard InChI is InChI=1S/C21H22ClN3O4S/c22-18-8-10-19(11-9-18)30(27,28)25(20-3-1-2-17(20)13-26)12-15-4-6-16(7-5-15)21-23-14-29-24-21/h4-11,14,17,20,26H,1-3,12-13H2/t17-,20-/m0/s1. The van der Waals surface area contributed by atoms with Gasteiger partial charge in [-0.25, -0.2) is 8.42 Å². The molecule has 7 nitrogen and oxygen atoms in total. The van der Waals surface area contributed by atoms with Crippen LogP contribution in [0.15, 0.2) is 64.3 Å². The van der Waals surface area contributed by atoms with Gasteiger partial charge in [-0.3, -0.25) is 0 Å². The third kappa shape index (κ3) is 4.27. The van der Waals surface area contributed by atoms with Gasteiger partial charge in [0.2, 0.25) is 22.2 Å². The summed E-state index contributed by atoms with van der Waals surface area (Å²) < 4.78 is 33.3. The van der Waals surface area contributed by atoms with Crippen LogP contribution in [0.2, 0.25) is 5.02 Å². The first kappa shape index (κ1) is 21.0. The van der Waals surface area contributed by atoms with Crippen molar-refractivity contribution in [2.75, 3.05) is 6.61 Å². The summed E-state index contributed by atoms with van der Waals surface area (Å²) in [5.41, 5.74) is 1.62. The molecular formula is C21H22ClN3O4S. The topological polar surface area (TPSA) is 96.5 Å². The number of hydrogen-bond donors (Lipinski definition) is 1. The van der Waals surface area contributed by atoms with Gasteiger partial charge in [0, 0.05) is 29.8 Å². The molecular weight excluding hydrogens is 426 g/mol. The molecule has 0 aliphatic heterocycles. The van der Waals surface area contributed by atoms with Gasteiger partial charge >= 0.3 is 0 Å². The quantitative estimate of drug-likeness (QED) is 0.592. The normalized spacial score (nSPS) is 19.4. The Labute approximate surface area is 180 Å². The summed E-state index contributed by atoms with van der Waals surface area (Å²) in [6.07, 6.45) is 3.68. The van der Waals surface area contributed by atoms with E-state index in [4.69, 9.17) is 16.1 Å². The van der Waals surface area contributed by atoms with Gasteiger partial charge in [-0.2, -0.15) is 9.29 Å². The Balaban J connectivity index is 1.66. The van der Waals surface area contributed by atoms with Crippen molar-refractivity contribution in [1.82, 2.24) is 14.4 Å². The van der Waals surface area contributed by atoms with E-state index in [0.717, 1.165) is 30.4 Å². The van der Waals surface area contributed by atoms with Gasteiger partial charge in [-0.1, -0.05) is 47.4 Å². The van der Waals surface area contributed by atoms with Crippen molar-refractivity contribution >= 4 is 21.6 Å². The largest absolute Gasteiger partial charge is 0.396 e. The minimum atomic E-state index is -3.77. The van der Waals surface area contributed by atoms with Crippen LogP contribution in [0.25, 0.3) is 11.4 Å². The zero-order valence-electron chi connectivity index (χ0n) is 16.2. The zero-order valence-corrected chi connectivity index (χ0v) is 17.8. The number of rotatable bonds is 7. The minimum Gasteiger partial charge on any atom is -0.396 e. The second-order valence-corrected chi connectivity index (χ2v) is 9.72. The summed E-state index contributed by atoms with van der Waals surface area (Å²) in [6.45, 7) is 0.173. The van der Waals surface area contributed by atoms with Gasteiger partial charge in [0.15, 0.2) is 0 Å². The molecule has 1 N–H and O–H groups in total. The van der Waals surface area contributed by atoms with Crippen LogP contribution in [-0.2, 0) is 16.6 Å². The van der Waals surface area contributed by atoms with Crippen molar-refractivity contribution in [1.29, 1.82) is 0 Å². The number of sulfonamides is 1. The lowest BCUT2D eigenvalue weighted by Crippen LogP contribution is -2.42. The van der Waals surface area contributed by atoms with Crippen molar-refractivity contribution in [2.24, 2.45) is 5.92 Å². The van der Waals surface area contributed by atoms with Crippen LogP contribution in [0.4, 0.5) is 0 Å². The SMILES string of the molecule is O=S(=O)(c1ccc(Cl)cc1)N(Cc1ccc(-c2ncon2)cc1)[C@H]1CCC[C@H]1CO. The van der Waals surface area contributed by atoms with Crippen molar-refractivity contribution in [3.05, 3.63) is 65.5 Å². The highest BCUT2D eigenvalue weighted by atomic mass is 35.5. The van der Waals surface area contributed by atoms with E-state index in [-0.39, 0.29) is 30.0 Å². The summed E-state index contributed by atoms with van der Waals surface area (Å²) in [5.74, 6) is 0.397. The molecule has 0 saturated heterocycles. The Kier molecular flexibility index (Phi) is 6.19. The average Bonchev–Trinajstić information content (AvgIpc) is 3.44. The van der Waals surface area contributed by atoms with E-state index in [1.54, 1.807) is 12.1 Å². The number of nitrogens with zero attached hydrogens (tertiary/aromatic N) is 3. The molecule has 1 heterocycles. The molecule has 0 bridgehead atoms. The smallest absolute Gasteiger partial charge is 0.243 e. The number of aliphatic hydroxyl groups excluding tert-OH is 1. The Morgan fingerprint density at radius 1 is 1.10 bits per heavy atom. The number of aromatic nitrogens is 2. The molecule has 1 aliphatic carbocycles. The molecule has 3 aromatic rings. The number of halogens is 1. The first-order valence-corrected chi connectivity index (χ1v) is 11.5. The Hall–Kier alpha value is -2.26. The molecule has 2 atom stereocenters. The van der Waals surface area contributed by atoms with Crippen LogP contribution >= 0.6 is 11.6 Å². The van der Waals surface area contributed by atoms with Gasteiger partial charge in [-0.15, -0.1) is 0 Å². The van der Waals surface area contributed by atoms with Gasteiger partial charge < -0.3 is 9.63 Å². The Morgan fingerprint density at radius 2 is 1.83 bits per heavy atom. The molecule has 0 amide bonds. The fourth-order valence-corrected chi connectivity index (χ4v) is 5.80. The molecule has 1 aromatic heterocycles. The maximum absolute atomic E-state index is 13.5. The highest BCUT2D eigenvalue weighted by Gasteiger charge is 2.38. The first-order valence-electron chi connectivity index (χ1n) is 9.73. The zero-order chi connectivity index (χ0) is 21.1. The second kappa shape index (κ2) is 8.85. The van der Waals surface area contributed by atoms with Crippen LogP contribution in [0.3, 0.4) is 0 Å². The molecule has 4 rings (SSSR count). The Morgan fingerprint density at radius 3 is 2.47 bits per heavy atom. The molecule has 2 aromatic carbocycles. The summed E-state index contributed by atoms with van der Waals surface area (Å²) in [5, 5.41) is 14.1. The van der Waals surface area contributed by atoms with Crippen molar-refractivity contribution < 1.29 is 18.0 Å². The van der Waals surface area contributed by atoms with Crippen molar-refractivity contribution in [3.8, 4) is 11.4 Å². The average molecular weight is 448 g/mol. The molecule has 1 fully saturated rings. The predicted molar refractivity (Wildman–Crippen MR) is 112 cm³/mol. The van der Waals surface area contributed by atoms with E-state index in [9.17, 15) is 13.5 Å². The van der Waals surface area contributed by atoms with Crippen LogP contribution < -0.4 is 0 Å². The van der Waals surface area contributed by atoms with Gasteiger partial charge in [-0.05, 0) is 48.6 Å². The fraction of sp³-hybridized carbons (Fsp3) is 0.333. The van der Waals surface area contributed by atoms with Gasteiger partial charge in [0.1, 0.15) is 0 Å². The van der Waals surface area contributed by atoms with Gasteiger partial charge in [0.25, 0.3) is 0 Å². The summed E-state index contributed by atoms with van der Waals surface area (Å²) >= 11 is 5.94. The summed E-state index contributed by atoms with van der Waals surface area (Å²) in [6, 6.07) is 13.3. The molecule has 9 heteroatoms. The Bertz CT molecular complexity index is 1070. The summed E-state index contributed by atoms with van der Waals surface area (Å²) in [4.78, 5) is 4.22. The lowest BCUT2D eigenvalue weighted by atomic mass is 10.0. The molecule has 30 heavy (non-hydrogen) atoms. The number of hydrogen-bond acceptors (Lipinski definition) is 6. The van der Waals surface area contributed by atoms with Crippen LogP contribution in [0, 0.1) is 5.92 Å². The third-order valence-corrected chi connectivity index (χ3v) is 7.69. The highest BCUT2D eigenvalue weighted by Crippen LogP contribution is 2.34. The predicted octanol–water partition coefficient (Wildman–Crippen LogP) is 3.74. The van der Waals surface area contributed by atoms with E-state index < -0.39 is 10.0 Å². The number of benzene rings is 2. The lowest BCUT2D eigenvalue weighted by molar-refractivity contribution is 0.166. The summed E-state index contributed by atoms with van der Waals surface area (Å²) in [7, 11) is -3.77. The van der Waals surface area contributed by atoms with Crippen LogP contribution in [-0.4, -0.2) is 40.6 Å². The molecule has 0 spiro atoms. The van der Waals surface area contributed by atoms with Crippen LogP contribution in [0.5, 0.6) is 0 Å². The maximum atomic E-state index is 13.5. The maximum Gasteiger partial charge on any atom is 0.243 e. The monoisotopic (exact) mass is 447 g/mol. The van der Waals surface area contributed by atoms with E-state index in [1.165, 1.54) is 22.8 Å². The van der Waals surface area contributed by atoms with Crippen LogP contribution in [0.1, 0.15) is 24.8 Å². The van der Waals surface area contributed by atoms with Crippen molar-refractivity contribution in [2.45, 2.75) is 36.7 Å². The van der Waals surface area contributed by atoms with E-state index in [1.807, 2.05) is 24.3 Å².